The van der Waals surface area contributed by atoms with Gasteiger partial charge in [-0.05, 0) is 24.3 Å². The molecule has 1 saturated carbocycles. The van der Waals surface area contributed by atoms with Crippen molar-refractivity contribution in [2.75, 3.05) is 0 Å². The van der Waals surface area contributed by atoms with E-state index in [0.29, 0.717) is 0 Å². The Morgan fingerprint density at radius 2 is 2.08 bits per heavy atom. The number of fused-ring (bicyclic) bond motifs is 1. The largest absolute Gasteiger partial charge is 0.467 e. The van der Waals surface area contributed by atoms with Crippen LogP contribution < -0.4 is 5.32 Å². The van der Waals surface area contributed by atoms with E-state index in [4.69, 9.17) is 4.42 Å². The Kier molecular flexibility index (Phi) is 1.69. The first-order valence-electron chi connectivity index (χ1n) is 5.25. The second kappa shape index (κ2) is 2.88. The van der Waals surface area contributed by atoms with Gasteiger partial charge in [-0.1, -0.05) is 12.8 Å². The van der Waals surface area contributed by atoms with Crippen molar-refractivity contribution in [1.82, 2.24) is 5.32 Å². The van der Waals surface area contributed by atoms with E-state index in [1.54, 1.807) is 0 Å². The Bertz CT molecular complexity index is 310. The zero-order chi connectivity index (χ0) is 8.67. The van der Waals surface area contributed by atoms with Gasteiger partial charge in [-0.2, -0.15) is 0 Å². The maximum atomic E-state index is 5.56. The van der Waals surface area contributed by atoms with E-state index < -0.39 is 0 Å². The van der Waals surface area contributed by atoms with Gasteiger partial charge in [0, 0.05) is 12.1 Å². The molecule has 1 aromatic heterocycles. The zero-order valence-corrected chi connectivity index (χ0v) is 7.81. The molecule has 3 rings (SSSR count). The fourth-order valence-electron chi connectivity index (χ4n) is 2.67. The van der Waals surface area contributed by atoms with E-state index in [0.717, 1.165) is 19.0 Å². The molecule has 13 heavy (non-hydrogen) atoms. The third-order valence-electron chi connectivity index (χ3n) is 3.40. The van der Waals surface area contributed by atoms with Crippen LogP contribution in [0.5, 0.6) is 0 Å². The minimum Gasteiger partial charge on any atom is -0.467 e. The van der Waals surface area contributed by atoms with E-state index in [9.17, 15) is 0 Å². The molecule has 0 amide bonds. The predicted molar refractivity (Wildman–Crippen MR) is 50.5 cm³/mol. The molecule has 0 saturated heterocycles. The molecule has 0 atom stereocenters. The normalized spacial score (nSPS) is 22.5. The van der Waals surface area contributed by atoms with Crippen molar-refractivity contribution in [2.45, 2.75) is 44.7 Å². The summed E-state index contributed by atoms with van der Waals surface area (Å²) in [4.78, 5) is 0. The van der Waals surface area contributed by atoms with E-state index in [1.165, 1.54) is 42.6 Å². The second-order valence-corrected chi connectivity index (χ2v) is 4.18. The lowest BCUT2D eigenvalue weighted by atomic mass is 9.96. The summed E-state index contributed by atoms with van der Waals surface area (Å²) in [6.45, 7) is 1.96. The van der Waals surface area contributed by atoms with Crippen LogP contribution in [0.4, 0.5) is 0 Å². The van der Waals surface area contributed by atoms with E-state index in [1.807, 2.05) is 6.26 Å². The number of hydrogen-bond donors (Lipinski definition) is 1. The lowest BCUT2D eigenvalue weighted by Gasteiger charge is -2.07. The van der Waals surface area contributed by atoms with Crippen molar-refractivity contribution in [2.24, 2.45) is 0 Å². The molecule has 2 nitrogen and oxygen atoms in total. The molecular weight excluding hydrogens is 162 g/mol. The first-order chi connectivity index (χ1) is 6.45. The highest BCUT2D eigenvalue weighted by atomic mass is 16.3. The molecule has 70 valence electrons. The Labute approximate surface area is 78.3 Å². The molecule has 1 aromatic rings. The quantitative estimate of drug-likeness (QED) is 0.713. The lowest BCUT2D eigenvalue weighted by molar-refractivity contribution is 0.499. The second-order valence-electron chi connectivity index (χ2n) is 4.18. The van der Waals surface area contributed by atoms with Crippen molar-refractivity contribution >= 4 is 0 Å². The van der Waals surface area contributed by atoms with Crippen molar-refractivity contribution in [3.05, 3.63) is 23.2 Å². The summed E-state index contributed by atoms with van der Waals surface area (Å²) in [5.74, 6) is 1.98. The van der Waals surface area contributed by atoms with Gasteiger partial charge < -0.3 is 9.73 Å². The van der Waals surface area contributed by atoms with Crippen LogP contribution in [0.25, 0.3) is 0 Å². The molecule has 2 heterocycles. The first kappa shape index (κ1) is 7.63. The van der Waals surface area contributed by atoms with Crippen LogP contribution in [0, 0.1) is 0 Å². The summed E-state index contributed by atoms with van der Waals surface area (Å²) in [6.07, 6.45) is 7.54. The molecular formula is C11H15NO. The smallest absolute Gasteiger partial charge is 0.122 e. The van der Waals surface area contributed by atoms with Gasteiger partial charge in [-0.15, -0.1) is 0 Å². The van der Waals surface area contributed by atoms with Crippen LogP contribution in [-0.2, 0) is 13.1 Å². The van der Waals surface area contributed by atoms with Gasteiger partial charge in [0.2, 0.25) is 0 Å². The average Bonchev–Trinajstić information content (AvgIpc) is 2.79. The van der Waals surface area contributed by atoms with Crippen LogP contribution in [0.3, 0.4) is 0 Å². The summed E-state index contributed by atoms with van der Waals surface area (Å²) in [7, 11) is 0. The lowest BCUT2D eigenvalue weighted by Crippen LogP contribution is -2.03. The Balaban J connectivity index is 1.95. The van der Waals surface area contributed by atoms with E-state index >= 15 is 0 Å². The molecule has 1 aliphatic carbocycles. The maximum Gasteiger partial charge on any atom is 0.122 e. The summed E-state index contributed by atoms with van der Waals surface area (Å²) < 4.78 is 5.56. The fourth-order valence-corrected chi connectivity index (χ4v) is 2.67. The third-order valence-corrected chi connectivity index (χ3v) is 3.40. The predicted octanol–water partition coefficient (Wildman–Crippen LogP) is 2.54. The number of nitrogens with one attached hydrogen (secondary N) is 1. The van der Waals surface area contributed by atoms with Crippen molar-refractivity contribution in [1.29, 1.82) is 0 Å². The zero-order valence-electron chi connectivity index (χ0n) is 7.81. The Morgan fingerprint density at radius 1 is 1.23 bits per heavy atom. The molecule has 0 spiro atoms. The van der Waals surface area contributed by atoms with Crippen LogP contribution >= 0.6 is 0 Å². The van der Waals surface area contributed by atoms with Gasteiger partial charge >= 0.3 is 0 Å². The fraction of sp³-hybridized carbons (Fsp3) is 0.636. The summed E-state index contributed by atoms with van der Waals surface area (Å²) in [5, 5.41) is 3.34. The highest BCUT2D eigenvalue weighted by molar-refractivity contribution is 5.34. The van der Waals surface area contributed by atoms with Crippen molar-refractivity contribution < 1.29 is 4.42 Å². The van der Waals surface area contributed by atoms with Crippen LogP contribution in [0.1, 0.15) is 48.5 Å². The van der Waals surface area contributed by atoms with Crippen molar-refractivity contribution in [3.8, 4) is 0 Å². The van der Waals surface area contributed by atoms with Crippen LogP contribution in [0.15, 0.2) is 10.7 Å². The van der Waals surface area contributed by atoms with Gasteiger partial charge in [-0.25, -0.2) is 0 Å². The number of furan rings is 1. The first-order valence-corrected chi connectivity index (χ1v) is 5.25. The molecule has 2 heteroatoms. The van der Waals surface area contributed by atoms with Gasteiger partial charge in [0.05, 0.1) is 12.8 Å². The van der Waals surface area contributed by atoms with Gasteiger partial charge in [0.25, 0.3) is 0 Å². The third kappa shape index (κ3) is 1.12. The minimum absolute atomic E-state index is 0.799. The molecule has 0 radical (unpaired) electrons. The van der Waals surface area contributed by atoms with Crippen LogP contribution in [-0.4, -0.2) is 0 Å². The van der Waals surface area contributed by atoms with Gasteiger partial charge in [0.1, 0.15) is 5.76 Å². The molecule has 1 aliphatic heterocycles. The summed E-state index contributed by atoms with van der Waals surface area (Å²) >= 11 is 0. The average molecular weight is 177 g/mol. The molecule has 1 N–H and O–H groups in total. The van der Waals surface area contributed by atoms with E-state index in [2.05, 4.69) is 5.32 Å². The minimum atomic E-state index is 0.799. The molecule has 2 aliphatic rings. The topological polar surface area (TPSA) is 25.2 Å². The highest BCUT2D eigenvalue weighted by Gasteiger charge is 2.26. The Hall–Kier alpha value is -0.760. The SMILES string of the molecule is c1oc2c(c1C1CCCC1)CNC2. The maximum absolute atomic E-state index is 5.56. The van der Waals surface area contributed by atoms with Crippen molar-refractivity contribution in [3.63, 3.8) is 0 Å². The number of rotatable bonds is 1. The molecule has 1 fully saturated rings. The van der Waals surface area contributed by atoms with Gasteiger partial charge in [-0.3, -0.25) is 0 Å². The molecule has 0 unspecified atom stereocenters. The molecule has 0 aromatic carbocycles. The number of hydrogen-bond acceptors (Lipinski definition) is 2. The van der Waals surface area contributed by atoms with E-state index in [-0.39, 0.29) is 0 Å². The summed E-state index contributed by atoms with van der Waals surface area (Å²) in [6, 6.07) is 0. The van der Waals surface area contributed by atoms with Gasteiger partial charge in [0.15, 0.2) is 0 Å². The van der Waals surface area contributed by atoms with Crippen LogP contribution in [0.2, 0.25) is 0 Å². The summed E-state index contributed by atoms with van der Waals surface area (Å²) in [5.41, 5.74) is 2.96. The highest BCUT2D eigenvalue weighted by Crippen LogP contribution is 2.38. The molecule has 0 bridgehead atoms. The monoisotopic (exact) mass is 177 g/mol. The standard InChI is InChI=1S/C11H15NO/c1-2-4-8(3-1)10-7-13-11-6-12-5-9(10)11/h7-8,12H,1-6H2. The Morgan fingerprint density at radius 3 is 2.92 bits per heavy atom.